The van der Waals surface area contributed by atoms with Gasteiger partial charge in [0, 0.05) is 36.3 Å². The highest BCUT2D eigenvalue weighted by atomic mass is 32.2. The van der Waals surface area contributed by atoms with Gasteiger partial charge in [0.25, 0.3) is 16.0 Å². The molecule has 0 saturated carbocycles. The van der Waals surface area contributed by atoms with Crippen molar-refractivity contribution in [3.05, 3.63) is 29.3 Å². The molecule has 0 bridgehead atoms. The normalized spacial score (nSPS) is 19.5. The maximum atomic E-state index is 12.7. The highest BCUT2D eigenvalue weighted by Crippen LogP contribution is 2.32. The van der Waals surface area contributed by atoms with E-state index in [2.05, 4.69) is 10.6 Å². The monoisotopic (exact) mass is 411 g/mol. The van der Waals surface area contributed by atoms with Gasteiger partial charge < -0.3 is 15.0 Å². The van der Waals surface area contributed by atoms with E-state index >= 15 is 0 Å². The molecule has 3 amide bonds. The van der Waals surface area contributed by atoms with Gasteiger partial charge in [-0.3, -0.25) is 24.3 Å². The Morgan fingerprint density at radius 1 is 1.25 bits per heavy atom. The van der Waals surface area contributed by atoms with Gasteiger partial charge in [0.2, 0.25) is 11.8 Å². The number of carbonyl (C=O) groups excluding carboxylic acids is 3. The summed E-state index contributed by atoms with van der Waals surface area (Å²) in [7, 11) is -4.04. The third-order valence-electron chi connectivity index (χ3n) is 4.63. The maximum absolute atomic E-state index is 12.7. The van der Waals surface area contributed by atoms with E-state index in [1.165, 1.54) is 4.90 Å². The van der Waals surface area contributed by atoms with Gasteiger partial charge in [-0.2, -0.15) is 8.42 Å². The third-order valence-corrected chi connectivity index (χ3v) is 5.31. The fourth-order valence-electron chi connectivity index (χ4n) is 3.28. The second-order valence-corrected chi connectivity index (χ2v) is 8.13. The van der Waals surface area contributed by atoms with E-state index in [4.69, 9.17) is 9.29 Å². The predicted molar refractivity (Wildman–Crippen MR) is 98.2 cm³/mol. The molecule has 0 spiro atoms. The van der Waals surface area contributed by atoms with Gasteiger partial charge in [0.05, 0.1) is 19.0 Å². The molecule has 10 nitrogen and oxygen atoms in total. The van der Waals surface area contributed by atoms with Crippen LogP contribution in [0.2, 0.25) is 0 Å². The number of fused-ring (bicyclic) bond motifs is 1. The molecule has 1 unspecified atom stereocenters. The Hall–Kier alpha value is -2.50. The second-order valence-electron chi connectivity index (χ2n) is 6.56. The smallest absolute Gasteiger partial charge is 0.267 e. The van der Waals surface area contributed by atoms with Crippen molar-refractivity contribution in [1.82, 2.24) is 10.2 Å². The SMILES string of the molecule is O=C1CCC(N2Cc3c(NCCOCCS(=O)(=O)O)cccc3C2=O)C(=O)N1. The van der Waals surface area contributed by atoms with E-state index in [0.717, 1.165) is 11.3 Å². The van der Waals surface area contributed by atoms with Crippen LogP contribution in [0.5, 0.6) is 0 Å². The summed E-state index contributed by atoms with van der Waals surface area (Å²) in [5.41, 5.74) is 1.98. The number of rotatable bonds is 8. The van der Waals surface area contributed by atoms with Gasteiger partial charge in [-0.15, -0.1) is 0 Å². The molecule has 152 valence electrons. The summed E-state index contributed by atoms with van der Waals surface area (Å²) < 4.78 is 35.0. The first-order chi connectivity index (χ1) is 13.3. The number of benzene rings is 1. The fourth-order valence-corrected chi connectivity index (χ4v) is 3.60. The number of hydrogen-bond acceptors (Lipinski definition) is 7. The summed E-state index contributed by atoms with van der Waals surface area (Å²) in [5, 5.41) is 5.40. The van der Waals surface area contributed by atoms with Gasteiger partial charge in [0.1, 0.15) is 6.04 Å². The minimum absolute atomic E-state index is 0.116. The van der Waals surface area contributed by atoms with Crippen molar-refractivity contribution in [2.75, 3.05) is 30.8 Å². The van der Waals surface area contributed by atoms with Crippen molar-refractivity contribution in [2.24, 2.45) is 0 Å². The molecule has 0 radical (unpaired) electrons. The maximum Gasteiger partial charge on any atom is 0.267 e. The molecular formula is C17H21N3O7S. The van der Waals surface area contributed by atoms with Crippen molar-refractivity contribution < 1.29 is 32.1 Å². The summed E-state index contributed by atoms with van der Waals surface area (Å²) in [6.45, 7) is 0.723. The van der Waals surface area contributed by atoms with Gasteiger partial charge in [0.15, 0.2) is 0 Å². The average molecular weight is 411 g/mol. The lowest BCUT2D eigenvalue weighted by atomic mass is 10.0. The molecule has 28 heavy (non-hydrogen) atoms. The highest BCUT2D eigenvalue weighted by molar-refractivity contribution is 7.85. The topological polar surface area (TPSA) is 142 Å². The Kier molecular flexibility index (Phi) is 5.96. The number of nitrogens with zero attached hydrogens (tertiary/aromatic N) is 1. The average Bonchev–Trinajstić information content (AvgIpc) is 2.95. The van der Waals surface area contributed by atoms with Crippen LogP contribution in [0.25, 0.3) is 0 Å². The largest absolute Gasteiger partial charge is 0.382 e. The molecule has 3 rings (SSSR count). The molecule has 1 saturated heterocycles. The summed E-state index contributed by atoms with van der Waals surface area (Å²) in [4.78, 5) is 37.6. The Labute approximate surface area is 162 Å². The minimum atomic E-state index is -4.04. The molecule has 3 N–H and O–H groups in total. The number of piperidine rings is 1. The molecule has 1 aromatic rings. The molecule has 0 aliphatic carbocycles. The quantitative estimate of drug-likeness (QED) is 0.302. The first-order valence-corrected chi connectivity index (χ1v) is 10.4. The Morgan fingerprint density at radius 3 is 2.75 bits per heavy atom. The Morgan fingerprint density at radius 2 is 2.04 bits per heavy atom. The van der Waals surface area contributed by atoms with Gasteiger partial charge in [-0.05, 0) is 18.6 Å². The molecule has 1 fully saturated rings. The number of amides is 3. The zero-order chi connectivity index (χ0) is 20.3. The van der Waals surface area contributed by atoms with Gasteiger partial charge in [-0.1, -0.05) is 6.07 Å². The van der Waals surface area contributed by atoms with Crippen molar-refractivity contribution in [3.8, 4) is 0 Å². The summed E-state index contributed by atoms with van der Waals surface area (Å²) >= 11 is 0. The van der Waals surface area contributed by atoms with Gasteiger partial charge in [-0.25, -0.2) is 0 Å². The summed E-state index contributed by atoms with van der Waals surface area (Å²) in [6.07, 6.45) is 0.497. The van der Waals surface area contributed by atoms with Crippen LogP contribution in [0, 0.1) is 0 Å². The van der Waals surface area contributed by atoms with Gasteiger partial charge >= 0.3 is 0 Å². The van der Waals surface area contributed by atoms with E-state index in [0.29, 0.717) is 18.5 Å². The van der Waals surface area contributed by atoms with E-state index in [9.17, 15) is 22.8 Å². The molecule has 1 aromatic carbocycles. The van der Waals surface area contributed by atoms with E-state index in [1.807, 2.05) is 0 Å². The van der Waals surface area contributed by atoms with Crippen molar-refractivity contribution in [2.45, 2.75) is 25.4 Å². The minimum Gasteiger partial charge on any atom is -0.382 e. The van der Waals surface area contributed by atoms with Crippen LogP contribution in [0.3, 0.4) is 0 Å². The number of imide groups is 1. The van der Waals surface area contributed by atoms with Crippen LogP contribution < -0.4 is 10.6 Å². The van der Waals surface area contributed by atoms with Crippen LogP contribution in [-0.2, 0) is 31.0 Å². The summed E-state index contributed by atoms with van der Waals surface area (Å²) in [6, 6.07) is 4.55. The number of nitrogens with one attached hydrogen (secondary N) is 2. The molecule has 0 aromatic heterocycles. The molecule has 2 aliphatic rings. The standard InChI is InChI=1S/C17H21N3O7S/c21-15-5-4-14(16(22)19-15)20-10-12-11(17(20)23)2-1-3-13(12)18-6-7-27-8-9-28(24,25)26/h1-3,14,18H,4-10H2,(H,19,21,22)(H,24,25,26). The second kappa shape index (κ2) is 8.25. The molecule has 1 atom stereocenters. The Balaban J connectivity index is 1.59. The van der Waals surface area contributed by atoms with E-state index in [-0.39, 0.29) is 38.0 Å². The molecule has 2 heterocycles. The van der Waals surface area contributed by atoms with Crippen LogP contribution >= 0.6 is 0 Å². The van der Waals surface area contributed by atoms with Crippen LogP contribution in [-0.4, -0.2) is 67.1 Å². The van der Waals surface area contributed by atoms with E-state index < -0.39 is 27.8 Å². The lowest BCUT2D eigenvalue weighted by Crippen LogP contribution is -2.52. The van der Waals surface area contributed by atoms with Crippen LogP contribution in [0.4, 0.5) is 5.69 Å². The predicted octanol–water partition coefficient (Wildman–Crippen LogP) is -0.236. The van der Waals surface area contributed by atoms with Crippen LogP contribution in [0.1, 0.15) is 28.8 Å². The van der Waals surface area contributed by atoms with E-state index in [1.54, 1.807) is 18.2 Å². The molecular weight excluding hydrogens is 390 g/mol. The first kappa shape index (κ1) is 20.2. The number of ether oxygens (including phenoxy) is 1. The third kappa shape index (κ3) is 4.66. The van der Waals surface area contributed by atoms with Crippen LogP contribution in [0.15, 0.2) is 18.2 Å². The lowest BCUT2D eigenvalue weighted by Gasteiger charge is -2.29. The van der Waals surface area contributed by atoms with Crippen molar-refractivity contribution in [1.29, 1.82) is 0 Å². The lowest BCUT2D eigenvalue weighted by molar-refractivity contribution is -0.136. The zero-order valence-electron chi connectivity index (χ0n) is 15.0. The highest BCUT2D eigenvalue weighted by Gasteiger charge is 2.39. The first-order valence-electron chi connectivity index (χ1n) is 8.79. The fraction of sp³-hybridized carbons (Fsp3) is 0.471. The molecule has 2 aliphatic heterocycles. The Bertz CT molecular complexity index is 900. The van der Waals surface area contributed by atoms with Crippen molar-refractivity contribution in [3.63, 3.8) is 0 Å². The number of carbonyl (C=O) groups is 3. The summed E-state index contributed by atoms with van der Waals surface area (Å²) in [5.74, 6) is -1.51. The number of anilines is 1. The zero-order valence-corrected chi connectivity index (χ0v) is 15.8. The van der Waals surface area contributed by atoms with Crippen molar-refractivity contribution >= 4 is 33.5 Å². The molecule has 11 heteroatoms. The number of hydrogen-bond donors (Lipinski definition) is 3.